The van der Waals surface area contributed by atoms with Crippen LogP contribution in [0.1, 0.15) is 23.3 Å². The van der Waals surface area contributed by atoms with Crippen molar-refractivity contribution < 1.29 is 18.0 Å². The third kappa shape index (κ3) is 2.99. The summed E-state index contributed by atoms with van der Waals surface area (Å²) >= 11 is 3.36. The molecule has 0 aliphatic carbocycles. The molecule has 0 bridgehead atoms. The van der Waals surface area contributed by atoms with Crippen molar-refractivity contribution >= 4 is 32.7 Å². The molecule has 1 amide bonds. The first kappa shape index (κ1) is 15.4. The smallest absolute Gasteiger partial charge is 0.351 e. The second kappa shape index (κ2) is 5.61. The lowest BCUT2D eigenvalue weighted by Crippen LogP contribution is -2.42. The molecule has 0 radical (unpaired) electrons. The summed E-state index contributed by atoms with van der Waals surface area (Å²) in [7, 11) is 0. The molecule has 7 heteroatoms. The minimum absolute atomic E-state index is 0.0268. The second-order valence-electron chi connectivity index (χ2n) is 5.52. The van der Waals surface area contributed by atoms with Crippen LogP contribution < -0.4 is 0 Å². The lowest BCUT2D eigenvalue weighted by molar-refractivity contribution is -0.183. The average Bonchev–Trinajstić information content (AvgIpc) is 2.88. The minimum Gasteiger partial charge on any atom is -0.351 e. The number of carbonyl (C=O) groups excluding carboxylic acids is 1. The summed E-state index contributed by atoms with van der Waals surface area (Å²) in [6, 6.07) is 7.34. The van der Waals surface area contributed by atoms with Gasteiger partial charge in [-0.25, -0.2) is 0 Å². The van der Waals surface area contributed by atoms with Gasteiger partial charge in [0.1, 0.15) is 5.69 Å². The molecule has 0 atom stereocenters. The Morgan fingerprint density at radius 3 is 2.55 bits per heavy atom. The molecule has 1 saturated heterocycles. The summed E-state index contributed by atoms with van der Waals surface area (Å²) in [5.74, 6) is -1.54. The van der Waals surface area contributed by atoms with Crippen molar-refractivity contribution in [1.82, 2.24) is 9.88 Å². The first-order valence-corrected chi connectivity index (χ1v) is 7.78. The van der Waals surface area contributed by atoms with E-state index in [1.807, 2.05) is 18.2 Å². The predicted molar refractivity (Wildman–Crippen MR) is 80.7 cm³/mol. The zero-order valence-electron chi connectivity index (χ0n) is 11.6. The van der Waals surface area contributed by atoms with Crippen molar-refractivity contribution in [1.29, 1.82) is 0 Å². The van der Waals surface area contributed by atoms with Gasteiger partial charge in [0, 0.05) is 28.5 Å². The number of aromatic nitrogens is 1. The number of fused-ring (bicyclic) bond motifs is 1. The molecule has 0 unspecified atom stereocenters. The molecule has 2 aromatic rings. The highest BCUT2D eigenvalue weighted by Gasteiger charge is 2.41. The summed E-state index contributed by atoms with van der Waals surface area (Å²) in [4.78, 5) is 16.9. The number of nitrogens with zero attached hydrogens (tertiary/aromatic N) is 1. The minimum atomic E-state index is -4.16. The fourth-order valence-electron chi connectivity index (χ4n) is 2.80. The highest BCUT2D eigenvalue weighted by atomic mass is 79.9. The lowest BCUT2D eigenvalue weighted by Gasteiger charge is -2.32. The number of hydrogen-bond acceptors (Lipinski definition) is 1. The number of nitrogens with one attached hydrogen (secondary N) is 1. The van der Waals surface area contributed by atoms with Crippen LogP contribution in [-0.2, 0) is 0 Å². The Morgan fingerprint density at radius 1 is 1.23 bits per heavy atom. The largest absolute Gasteiger partial charge is 0.391 e. The van der Waals surface area contributed by atoms with Crippen molar-refractivity contribution in [2.24, 2.45) is 5.92 Å². The molecule has 22 heavy (non-hydrogen) atoms. The van der Waals surface area contributed by atoms with E-state index >= 15 is 0 Å². The molecule has 2 heterocycles. The van der Waals surface area contributed by atoms with Crippen LogP contribution in [0.4, 0.5) is 13.2 Å². The molecule has 1 fully saturated rings. The molecule has 3 nitrogen and oxygen atoms in total. The van der Waals surface area contributed by atoms with Gasteiger partial charge in [0.05, 0.1) is 5.92 Å². The van der Waals surface area contributed by atoms with Crippen LogP contribution in [0.5, 0.6) is 0 Å². The third-order valence-electron chi connectivity index (χ3n) is 4.06. The van der Waals surface area contributed by atoms with Gasteiger partial charge in [-0.05, 0) is 37.1 Å². The van der Waals surface area contributed by atoms with Gasteiger partial charge in [-0.15, -0.1) is 0 Å². The summed E-state index contributed by atoms with van der Waals surface area (Å²) < 4.78 is 38.9. The molecule has 1 N–H and O–H groups in total. The van der Waals surface area contributed by atoms with E-state index in [-0.39, 0.29) is 31.8 Å². The Bertz CT molecular complexity index is 702. The first-order valence-electron chi connectivity index (χ1n) is 6.99. The second-order valence-corrected chi connectivity index (χ2v) is 6.44. The number of benzene rings is 1. The van der Waals surface area contributed by atoms with Gasteiger partial charge in [-0.3, -0.25) is 4.79 Å². The first-order chi connectivity index (χ1) is 10.3. The van der Waals surface area contributed by atoms with E-state index < -0.39 is 12.1 Å². The van der Waals surface area contributed by atoms with Gasteiger partial charge >= 0.3 is 6.18 Å². The normalized spacial score (nSPS) is 17.2. The molecule has 1 aromatic carbocycles. The zero-order chi connectivity index (χ0) is 15.9. The van der Waals surface area contributed by atoms with Crippen molar-refractivity contribution in [2.75, 3.05) is 13.1 Å². The molecular formula is C15H14BrF3N2O. The highest BCUT2D eigenvalue weighted by molar-refractivity contribution is 9.10. The van der Waals surface area contributed by atoms with E-state index in [4.69, 9.17) is 0 Å². The number of halogens is 4. The maximum Gasteiger partial charge on any atom is 0.391 e. The predicted octanol–water partition coefficient (Wildman–Crippen LogP) is 4.34. The molecular weight excluding hydrogens is 361 g/mol. The fourth-order valence-corrected chi connectivity index (χ4v) is 3.18. The van der Waals surface area contributed by atoms with E-state index in [1.165, 1.54) is 4.90 Å². The SMILES string of the molecule is O=C(c1cc2cc(Br)ccc2[nH]1)N1CCC(C(F)(F)F)CC1. The maximum absolute atomic E-state index is 12.7. The van der Waals surface area contributed by atoms with Crippen LogP contribution in [0.25, 0.3) is 10.9 Å². The Hall–Kier alpha value is -1.50. The van der Waals surface area contributed by atoms with Crippen molar-refractivity contribution in [3.63, 3.8) is 0 Å². The van der Waals surface area contributed by atoms with Gasteiger partial charge in [0.2, 0.25) is 0 Å². The van der Waals surface area contributed by atoms with Crippen LogP contribution in [-0.4, -0.2) is 35.1 Å². The molecule has 118 valence electrons. The fraction of sp³-hybridized carbons (Fsp3) is 0.400. The van der Waals surface area contributed by atoms with Gasteiger partial charge < -0.3 is 9.88 Å². The summed E-state index contributed by atoms with van der Waals surface area (Å²) in [6.45, 7) is 0.282. The molecule has 0 saturated carbocycles. The van der Waals surface area contributed by atoms with E-state index in [9.17, 15) is 18.0 Å². The van der Waals surface area contributed by atoms with Crippen molar-refractivity contribution in [3.8, 4) is 0 Å². The number of alkyl halides is 3. The van der Waals surface area contributed by atoms with Gasteiger partial charge in [0.25, 0.3) is 5.91 Å². The number of aromatic amines is 1. The van der Waals surface area contributed by atoms with Crippen LogP contribution in [0.3, 0.4) is 0 Å². The van der Waals surface area contributed by atoms with Gasteiger partial charge in [-0.1, -0.05) is 15.9 Å². The topological polar surface area (TPSA) is 36.1 Å². The number of piperidine rings is 1. The van der Waals surface area contributed by atoms with E-state index in [0.29, 0.717) is 5.69 Å². The van der Waals surface area contributed by atoms with Crippen molar-refractivity contribution in [2.45, 2.75) is 19.0 Å². The maximum atomic E-state index is 12.7. The van der Waals surface area contributed by atoms with E-state index in [0.717, 1.165) is 15.4 Å². The van der Waals surface area contributed by atoms with Crippen molar-refractivity contribution in [3.05, 3.63) is 34.4 Å². The molecule has 1 aromatic heterocycles. The Labute approximate surface area is 133 Å². The average molecular weight is 375 g/mol. The quantitative estimate of drug-likeness (QED) is 0.791. The lowest BCUT2D eigenvalue weighted by atomic mass is 9.96. The number of likely N-dealkylation sites (tertiary alicyclic amines) is 1. The number of hydrogen-bond donors (Lipinski definition) is 1. The highest BCUT2D eigenvalue weighted by Crippen LogP contribution is 2.34. The number of rotatable bonds is 1. The van der Waals surface area contributed by atoms with Crippen LogP contribution >= 0.6 is 15.9 Å². The van der Waals surface area contributed by atoms with Crippen LogP contribution in [0, 0.1) is 5.92 Å². The Balaban J connectivity index is 1.74. The van der Waals surface area contributed by atoms with Crippen LogP contribution in [0.2, 0.25) is 0 Å². The van der Waals surface area contributed by atoms with E-state index in [1.54, 1.807) is 6.07 Å². The summed E-state index contributed by atoms with van der Waals surface area (Å²) in [6.07, 6.45) is -4.22. The van der Waals surface area contributed by atoms with Gasteiger partial charge in [0.15, 0.2) is 0 Å². The monoisotopic (exact) mass is 374 g/mol. The molecule has 1 aliphatic heterocycles. The molecule has 1 aliphatic rings. The molecule has 3 rings (SSSR count). The number of H-pyrrole nitrogens is 1. The molecule has 0 spiro atoms. The van der Waals surface area contributed by atoms with Crippen LogP contribution in [0.15, 0.2) is 28.7 Å². The Kier molecular flexibility index (Phi) is 3.92. The standard InChI is InChI=1S/C15H14BrF3N2O/c16-11-1-2-12-9(7-11)8-13(20-12)14(22)21-5-3-10(4-6-21)15(17,18)19/h1-2,7-8,10,20H,3-6H2. The number of carbonyl (C=O) groups is 1. The number of amides is 1. The summed E-state index contributed by atoms with van der Waals surface area (Å²) in [5.41, 5.74) is 1.25. The summed E-state index contributed by atoms with van der Waals surface area (Å²) in [5, 5.41) is 0.892. The van der Waals surface area contributed by atoms with E-state index in [2.05, 4.69) is 20.9 Å². The zero-order valence-corrected chi connectivity index (χ0v) is 13.2. The third-order valence-corrected chi connectivity index (χ3v) is 4.55. The Morgan fingerprint density at radius 2 is 1.91 bits per heavy atom. The van der Waals surface area contributed by atoms with Gasteiger partial charge in [-0.2, -0.15) is 13.2 Å².